The van der Waals surface area contributed by atoms with Crippen LogP contribution in [0.1, 0.15) is 50.9 Å². The van der Waals surface area contributed by atoms with Crippen molar-refractivity contribution in [2.45, 2.75) is 33.0 Å². The molecule has 12 nitrogen and oxygen atoms in total. The highest BCUT2D eigenvalue weighted by molar-refractivity contribution is 6.10. The number of aromatic hydroxyl groups is 1. The first-order valence-electron chi connectivity index (χ1n) is 12.0. The van der Waals surface area contributed by atoms with Crippen LogP contribution in [0.2, 0.25) is 0 Å². The predicted molar refractivity (Wildman–Crippen MR) is 138 cm³/mol. The van der Waals surface area contributed by atoms with Gasteiger partial charge in [-0.15, -0.1) is 0 Å². The first kappa shape index (κ1) is 24.7. The van der Waals surface area contributed by atoms with Gasteiger partial charge in [0.15, 0.2) is 22.8 Å². The van der Waals surface area contributed by atoms with Crippen molar-refractivity contribution < 1.29 is 19.5 Å². The van der Waals surface area contributed by atoms with E-state index >= 15 is 0 Å². The van der Waals surface area contributed by atoms with Crippen molar-refractivity contribution in [1.82, 2.24) is 30.0 Å². The Morgan fingerprint density at radius 2 is 1.92 bits per heavy atom. The standard InChI is InChI=1S/C26H25N7O5/c1-14(2)32-9-10-33-17(12-19(34)22(35)21(33)26(32)38)13-28-24(36)15-5-3-6-16(11-15)29-25(37)20-18-7-4-8-27-23(18)31-30-20/h3-8,11-12,14,35H,9-10,13H2,1-2H3,(H,28,36)(H,29,37)(H,27,30,31). The van der Waals surface area contributed by atoms with Gasteiger partial charge in [0.25, 0.3) is 17.7 Å². The van der Waals surface area contributed by atoms with E-state index in [2.05, 4.69) is 25.8 Å². The number of pyridine rings is 2. The molecule has 12 heteroatoms. The third kappa shape index (κ3) is 4.47. The number of nitrogens with one attached hydrogen (secondary N) is 3. The van der Waals surface area contributed by atoms with E-state index in [0.717, 1.165) is 0 Å². The van der Waals surface area contributed by atoms with Gasteiger partial charge in [0.1, 0.15) is 0 Å². The zero-order valence-corrected chi connectivity index (χ0v) is 20.7. The average molecular weight is 516 g/mol. The van der Waals surface area contributed by atoms with Crippen LogP contribution in [0.5, 0.6) is 5.75 Å². The summed E-state index contributed by atoms with van der Waals surface area (Å²) in [5, 5.41) is 23.1. The van der Waals surface area contributed by atoms with Crippen LogP contribution in [0.4, 0.5) is 5.69 Å². The summed E-state index contributed by atoms with van der Waals surface area (Å²) in [6, 6.07) is 10.9. The van der Waals surface area contributed by atoms with Crippen LogP contribution >= 0.6 is 0 Å². The molecule has 0 bridgehead atoms. The topological polar surface area (TPSA) is 162 Å². The van der Waals surface area contributed by atoms with Crippen LogP contribution in [-0.4, -0.2) is 60.1 Å². The van der Waals surface area contributed by atoms with Gasteiger partial charge in [-0.25, -0.2) is 4.98 Å². The van der Waals surface area contributed by atoms with E-state index in [4.69, 9.17) is 0 Å². The number of carbonyl (C=O) groups is 3. The molecule has 0 radical (unpaired) electrons. The van der Waals surface area contributed by atoms with Crippen molar-refractivity contribution >= 4 is 34.4 Å². The molecule has 0 saturated carbocycles. The molecule has 38 heavy (non-hydrogen) atoms. The number of amides is 3. The second kappa shape index (κ2) is 9.81. The van der Waals surface area contributed by atoms with E-state index in [9.17, 15) is 24.3 Å². The summed E-state index contributed by atoms with van der Waals surface area (Å²) >= 11 is 0. The summed E-state index contributed by atoms with van der Waals surface area (Å²) in [5.74, 6) is -1.94. The van der Waals surface area contributed by atoms with Gasteiger partial charge in [-0.2, -0.15) is 5.10 Å². The number of H-pyrrole nitrogens is 1. The predicted octanol–water partition coefficient (Wildman–Crippen LogP) is 1.87. The Morgan fingerprint density at radius 3 is 2.71 bits per heavy atom. The largest absolute Gasteiger partial charge is 0.503 e. The van der Waals surface area contributed by atoms with E-state index in [-0.39, 0.29) is 29.5 Å². The SMILES string of the molecule is CC(C)N1CCn2c(CNC(=O)c3cccc(NC(=O)c4n[nH]c5ncccc45)c3)cc(=O)c(O)c2C1=O. The second-order valence-electron chi connectivity index (χ2n) is 9.13. The molecule has 0 atom stereocenters. The lowest BCUT2D eigenvalue weighted by atomic mass is 10.1. The lowest BCUT2D eigenvalue weighted by molar-refractivity contribution is 0.0639. The maximum Gasteiger partial charge on any atom is 0.276 e. The van der Waals surface area contributed by atoms with Crippen molar-refractivity contribution in [2.75, 3.05) is 11.9 Å². The van der Waals surface area contributed by atoms with Gasteiger partial charge < -0.3 is 25.2 Å². The number of carbonyl (C=O) groups excluding carboxylic acids is 3. The highest BCUT2D eigenvalue weighted by atomic mass is 16.3. The molecule has 3 amide bonds. The molecule has 5 rings (SSSR count). The lowest BCUT2D eigenvalue weighted by Gasteiger charge is -2.34. The third-order valence-corrected chi connectivity index (χ3v) is 6.39. The van der Waals surface area contributed by atoms with Crippen LogP contribution in [0, 0.1) is 0 Å². The normalized spacial score (nSPS) is 13.0. The van der Waals surface area contributed by atoms with E-state index in [1.165, 1.54) is 12.1 Å². The number of anilines is 1. The number of rotatable bonds is 6. The van der Waals surface area contributed by atoms with Gasteiger partial charge in [-0.05, 0) is 44.2 Å². The first-order chi connectivity index (χ1) is 18.2. The Labute approximate surface area is 216 Å². The zero-order valence-electron chi connectivity index (χ0n) is 20.7. The molecule has 0 unspecified atom stereocenters. The third-order valence-electron chi connectivity index (χ3n) is 6.39. The van der Waals surface area contributed by atoms with Crippen molar-refractivity contribution in [3.8, 4) is 5.75 Å². The number of aromatic amines is 1. The van der Waals surface area contributed by atoms with Gasteiger partial charge in [0, 0.05) is 48.3 Å². The Morgan fingerprint density at radius 1 is 1.11 bits per heavy atom. The summed E-state index contributed by atoms with van der Waals surface area (Å²) in [7, 11) is 0. The second-order valence-corrected chi connectivity index (χ2v) is 9.13. The van der Waals surface area contributed by atoms with Gasteiger partial charge in [-0.1, -0.05) is 6.07 Å². The summed E-state index contributed by atoms with van der Waals surface area (Å²) in [4.78, 5) is 56.7. The van der Waals surface area contributed by atoms with Gasteiger partial charge in [0.2, 0.25) is 5.43 Å². The van der Waals surface area contributed by atoms with E-state index < -0.39 is 28.9 Å². The fourth-order valence-electron chi connectivity index (χ4n) is 4.47. The fourth-order valence-corrected chi connectivity index (χ4v) is 4.47. The molecule has 0 saturated heterocycles. The number of hydrogen-bond donors (Lipinski definition) is 4. The molecule has 1 aliphatic heterocycles. The Hall–Kier alpha value is -5.00. The van der Waals surface area contributed by atoms with Crippen molar-refractivity contribution in [1.29, 1.82) is 0 Å². The van der Waals surface area contributed by atoms with Crippen LogP contribution < -0.4 is 16.1 Å². The minimum Gasteiger partial charge on any atom is -0.503 e. The smallest absolute Gasteiger partial charge is 0.276 e. The maximum atomic E-state index is 12.9. The molecule has 1 aromatic carbocycles. The summed E-state index contributed by atoms with van der Waals surface area (Å²) in [5.41, 5.74) is 0.962. The molecule has 4 heterocycles. The number of hydrogen-bond acceptors (Lipinski definition) is 7. The monoisotopic (exact) mass is 515 g/mol. The number of aromatic nitrogens is 4. The molecule has 194 valence electrons. The van der Waals surface area contributed by atoms with Crippen LogP contribution in [-0.2, 0) is 13.1 Å². The molecule has 3 aromatic heterocycles. The molecule has 0 fully saturated rings. The summed E-state index contributed by atoms with van der Waals surface area (Å²) in [6.07, 6.45) is 1.59. The molecular formula is C26H25N7O5. The number of fused-ring (bicyclic) bond motifs is 2. The Kier molecular flexibility index (Phi) is 6.37. The highest BCUT2D eigenvalue weighted by Gasteiger charge is 2.31. The van der Waals surface area contributed by atoms with Crippen LogP contribution in [0.15, 0.2) is 53.5 Å². The molecule has 1 aliphatic rings. The quantitative estimate of drug-likeness (QED) is 0.305. The Bertz CT molecular complexity index is 1640. The molecule has 0 spiro atoms. The summed E-state index contributed by atoms with van der Waals surface area (Å²) in [6.45, 7) is 4.46. The maximum absolute atomic E-state index is 12.9. The van der Waals surface area contributed by atoms with Crippen LogP contribution in [0.3, 0.4) is 0 Å². The van der Waals surface area contributed by atoms with Crippen molar-refractivity contribution in [3.05, 3.63) is 81.5 Å². The van der Waals surface area contributed by atoms with Crippen molar-refractivity contribution in [2.24, 2.45) is 0 Å². The number of benzene rings is 1. The highest BCUT2D eigenvalue weighted by Crippen LogP contribution is 2.23. The fraction of sp³-hybridized carbons (Fsp3) is 0.231. The zero-order chi connectivity index (χ0) is 27.0. The minimum absolute atomic E-state index is 0.0425. The van der Waals surface area contributed by atoms with Crippen LogP contribution in [0.25, 0.3) is 11.0 Å². The van der Waals surface area contributed by atoms with Crippen molar-refractivity contribution in [3.63, 3.8) is 0 Å². The van der Waals surface area contributed by atoms with Gasteiger partial charge in [0.05, 0.1) is 11.9 Å². The van der Waals surface area contributed by atoms with Gasteiger partial charge in [-0.3, -0.25) is 24.3 Å². The van der Waals surface area contributed by atoms with E-state index in [1.54, 1.807) is 46.0 Å². The molecule has 0 aliphatic carbocycles. The van der Waals surface area contributed by atoms with E-state index in [0.29, 0.717) is 35.5 Å². The Balaban J connectivity index is 1.32. The molecule has 4 aromatic rings. The summed E-state index contributed by atoms with van der Waals surface area (Å²) < 4.78 is 1.57. The van der Waals surface area contributed by atoms with E-state index in [1.807, 2.05) is 13.8 Å². The first-order valence-corrected chi connectivity index (χ1v) is 12.0. The van der Waals surface area contributed by atoms with Gasteiger partial charge >= 0.3 is 0 Å². The molecule has 4 N–H and O–H groups in total. The average Bonchev–Trinajstić information content (AvgIpc) is 3.34. The minimum atomic E-state index is -0.690. The molecular weight excluding hydrogens is 490 g/mol. The lowest BCUT2D eigenvalue weighted by Crippen LogP contribution is -2.46. The number of nitrogens with zero attached hydrogens (tertiary/aromatic N) is 4.